The fraction of sp³-hybridized carbons (Fsp3) is 0.229. The Morgan fingerprint density at radius 3 is 2.14 bits per heavy atom. The maximum absolute atomic E-state index is 12.9. The smallest absolute Gasteiger partial charge is 0.261 e. The molecule has 7 nitrogen and oxygen atoms in total. The number of carbonyl (C=O) groups is 2. The van der Waals surface area contributed by atoms with E-state index in [0.29, 0.717) is 16.9 Å². The van der Waals surface area contributed by atoms with E-state index in [1.54, 1.807) is 47.4 Å². The van der Waals surface area contributed by atoms with E-state index in [9.17, 15) is 14.7 Å². The lowest BCUT2D eigenvalue weighted by molar-refractivity contribution is -0.268. The molecule has 4 aromatic carbocycles. The van der Waals surface area contributed by atoms with Crippen LogP contribution in [0, 0.1) is 5.92 Å². The van der Waals surface area contributed by atoms with E-state index >= 15 is 0 Å². The lowest BCUT2D eigenvalue weighted by Crippen LogP contribution is -2.38. The molecule has 1 fully saturated rings. The number of nitrogens with zero attached hydrogens (tertiary/aromatic N) is 2. The molecule has 0 aliphatic carbocycles. The number of amides is 2. The summed E-state index contributed by atoms with van der Waals surface area (Å²) < 4.78 is 15.4. The second-order valence-corrected chi connectivity index (χ2v) is 13.4. The van der Waals surface area contributed by atoms with Crippen LogP contribution in [0.1, 0.15) is 62.3 Å². The van der Waals surface area contributed by atoms with Gasteiger partial charge in [-0.25, -0.2) is 4.98 Å². The van der Waals surface area contributed by atoms with Gasteiger partial charge in [0.1, 0.15) is 0 Å². The maximum atomic E-state index is 12.9. The average Bonchev–Trinajstić information content (AvgIpc) is 3.59. The van der Waals surface area contributed by atoms with Crippen LogP contribution in [0.5, 0.6) is 0 Å². The SMILES string of the molecule is C[C@@H]1[C@H](CSc2nc3ccccc3s2)O[C@H](c2ccc(CN3C(=O)c4ccccc4C3=O)cc2)O[C@@H]1c1ccc(CO)cc1. The van der Waals surface area contributed by atoms with Crippen LogP contribution >= 0.6 is 23.1 Å². The van der Waals surface area contributed by atoms with Gasteiger partial charge in [0.05, 0.1) is 46.7 Å². The van der Waals surface area contributed by atoms with Crippen LogP contribution in [0.3, 0.4) is 0 Å². The van der Waals surface area contributed by atoms with E-state index in [1.807, 2.05) is 66.7 Å². The molecular weight excluding hydrogens is 593 g/mol. The molecule has 4 atom stereocenters. The molecular formula is C35H30N2O5S2. The largest absolute Gasteiger partial charge is 0.392 e. The minimum atomic E-state index is -0.608. The van der Waals surface area contributed by atoms with E-state index in [4.69, 9.17) is 14.5 Å². The first-order valence-corrected chi connectivity index (χ1v) is 16.3. The molecule has 0 saturated carbocycles. The zero-order chi connectivity index (χ0) is 30.2. The number of aromatic nitrogens is 1. The van der Waals surface area contributed by atoms with Crippen molar-refractivity contribution in [1.82, 2.24) is 9.88 Å². The quantitative estimate of drug-likeness (QED) is 0.145. The van der Waals surface area contributed by atoms with Crippen LogP contribution in [0.4, 0.5) is 0 Å². The summed E-state index contributed by atoms with van der Waals surface area (Å²) in [6.07, 6.45) is -0.949. The van der Waals surface area contributed by atoms with E-state index in [0.717, 1.165) is 36.8 Å². The van der Waals surface area contributed by atoms with Crippen molar-refractivity contribution in [2.24, 2.45) is 5.92 Å². The highest BCUT2D eigenvalue weighted by atomic mass is 32.2. The van der Waals surface area contributed by atoms with Crippen LogP contribution in [-0.4, -0.2) is 38.7 Å². The Kier molecular flexibility index (Phi) is 8.05. The van der Waals surface area contributed by atoms with Crippen molar-refractivity contribution >= 4 is 45.1 Å². The number of hydrogen-bond acceptors (Lipinski definition) is 8. The molecule has 7 rings (SSSR count). The number of benzene rings is 4. The van der Waals surface area contributed by atoms with Gasteiger partial charge >= 0.3 is 0 Å². The molecule has 0 radical (unpaired) electrons. The van der Waals surface area contributed by atoms with Crippen LogP contribution in [0.2, 0.25) is 0 Å². The Morgan fingerprint density at radius 1 is 0.818 bits per heavy atom. The Bertz CT molecular complexity index is 1750. The molecule has 0 spiro atoms. The number of thioether (sulfide) groups is 1. The van der Waals surface area contributed by atoms with Gasteiger partial charge in [-0.3, -0.25) is 14.5 Å². The van der Waals surface area contributed by atoms with Gasteiger partial charge in [0, 0.05) is 17.2 Å². The summed E-state index contributed by atoms with van der Waals surface area (Å²) in [5.41, 5.74) is 5.46. The number of carbonyl (C=O) groups excluding carboxylic acids is 2. The Labute approximate surface area is 263 Å². The van der Waals surface area contributed by atoms with Gasteiger partial charge in [-0.1, -0.05) is 91.5 Å². The van der Waals surface area contributed by atoms with Crippen LogP contribution in [0.15, 0.2) is 101 Å². The summed E-state index contributed by atoms with van der Waals surface area (Å²) in [4.78, 5) is 31.8. The van der Waals surface area contributed by atoms with E-state index < -0.39 is 6.29 Å². The fourth-order valence-corrected chi connectivity index (χ4v) is 7.98. The molecule has 0 unspecified atom stereocenters. The third kappa shape index (κ3) is 5.58. The summed E-state index contributed by atoms with van der Waals surface area (Å²) in [6.45, 7) is 2.33. The van der Waals surface area contributed by atoms with Crippen LogP contribution in [-0.2, 0) is 22.6 Å². The summed E-state index contributed by atoms with van der Waals surface area (Å²) in [6, 6.07) is 30.7. The highest BCUT2D eigenvalue weighted by Crippen LogP contribution is 2.43. The third-order valence-corrected chi connectivity index (χ3v) is 10.5. The number of ether oxygens (including phenoxy) is 2. The van der Waals surface area contributed by atoms with E-state index in [-0.39, 0.29) is 43.1 Å². The summed E-state index contributed by atoms with van der Waals surface area (Å²) in [5.74, 6) is 0.225. The number of thiazole rings is 1. The predicted octanol–water partition coefficient (Wildman–Crippen LogP) is 7.17. The molecule has 0 bridgehead atoms. The van der Waals surface area contributed by atoms with Crippen molar-refractivity contribution in [2.45, 2.75) is 42.9 Å². The van der Waals surface area contributed by atoms with Crippen molar-refractivity contribution < 1.29 is 24.2 Å². The van der Waals surface area contributed by atoms with Gasteiger partial charge < -0.3 is 14.6 Å². The molecule has 9 heteroatoms. The zero-order valence-corrected chi connectivity index (χ0v) is 25.6. The molecule has 1 saturated heterocycles. The number of para-hydroxylation sites is 1. The van der Waals surface area contributed by atoms with Gasteiger partial charge in [0.2, 0.25) is 0 Å². The van der Waals surface area contributed by atoms with Crippen molar-refractivity contribution in [3.63, 3.8) is 0 Å². The summed E-state index contributed by atoms with van der Waals surface area (Å²) in [5, 5.41) is 9.54. The van der Waals surface area contributed by atoms with Crippen molar-refractivity contribution in [3.05, 3.63) is 130 Å². The molecule has 5 aromatic rings. The second kappa shape index (κ2) is 12.3. The van der Waals surface area contributed by atoms with Crippen molar-refractivity contribution in [2.75, 3.05) is 5.75 Å². The Hall–Kier alpha value is -3.86. The highest BCUT2D eigenvalue weighted by molar-refractivity contribution is 8.01. The number of aliphatic hydroxyl groups excluding tert-OH is 1. The third-order valence-electron chi connectivity index (χ3n) is 8.24. The zero-order valence-electron chi connectivity index (χ0n) is 24.0. The average molecular weight is 623 g/mol. The molecule has 2 aliphatic rings. The minimum absolute atomic E-state index is 0.0123. The van der Waals surface area contributed by atoms with Gasteiger partial charge in [0.25, 0.3) is 11.8 Å². The molecule has 44 heavy (non-hydrogen) atoms. The maximum Gasteiger partial charge on any atom is 0.261 e. The van der Waals surface area contributed by atoms with Crippen molar-refractivity contribution in [3.8, 4) is 0 Å². The second-order valence-electron chi connectivity index (χ2n) is 11.1. The predicted molar refractivity (Wildman–Crippen MR) is 170 cm³/mol. The topological polar surface area (TPSA) is 89.0 Å². The summed E-state index contributed by atoms with van der Waals surface area (Å²) in [7, 11) is 0. The van der Waals surface area contributed by atoms with Crippen LogP contribution < -0.4 is 0 Å². The molecule has 1 N–H and O–H groups in total. The number of fused-ring (bicyclic) bond motifs is 2. The Morgan fingerprint density at radius 2 is 1.45 bits per heavy atom. The first-order chi connectivity index (χ1) is 21.5. The first kappa shape index (κ1) is 28.9. The number of rotatable bonds is 8. The van der Waals surface area contributed by atoms with Gasteiger partial charge in [0.15, 0.2) is 10.6 Å². The van der Waals surface area contributed by atoms with Gasteiger partial charge in [-0.15, -0.1) is 11.3 Å². The molecule has 1 aromatic heterocycles. The van der Waals surface area contributed by atoms with Gasteiger partial charge in [-0.05, 0) is 41.0 Å². The first-order valence-electron chi connectivity index (χ1n) is 14.5. The monoisotopic (exact) mass is 622 g/mol. The minimum Gasteiger partial charge on any atom is -0.392 e. The number of hydrogen-bond donors (Lipinski definition) is 1. The molecule has 2 amide bonds. The fourth-order valence-electron chi connectivity index (χ4n) is 5.72. The molecule has 222 valence electrons. The lowest BCUT2D eigenvalue weighted by Gasteiger charge is -2.41. The normalized spacial score (nSPS) is 21.6. The Balaban J connectivity index is 1.10. The van der Waals surface area contributed by atoms with E-state index in [1.165, 1.54) is 4.90 Å². The lowest BCUT2D eigenvalue weighted by atomic mass is 9.91. The number of aliphatic hydroxyl groups is 1. The number of imide groups is 1. The summed E-state index contributed by atoms with van der Waals surface area (Å²) >= 11 is 3.38. The molecule has 3 heterocycles. The highest BCUT2D eigenvalue weighted by Gasteiger charge is 2.39. The van der Waals surface area contributed by atoms with Crippen LogP contribution in [0.25, 0.3) is 10.2 Å². The van der Waals surface area contributed by atoms with Crippen molar-refractivity contribution in [1.29, 1.82) is 0 Å². The standard InChI is InChI=1S/C35H30N2O5S2/c1-21-29(20-43-35-36-28-8-4-5-9-30(28)44-35)41-34(42-31(21)24-14-12-23(19-38)13-15-24)25-16-10-22(11-17-25)18-37-32(39)26-6-2-3-7-27(26)33(37)40/h2-17,21,29,31,34,38H,18-20H2,1H3/t21-,29+,31+,34+/m1/s1. The van der Waals surface area contributed by atoms with E-state index in [2.05, 4.69) is 13.0 Å². The molecule has 2 aliphatic heterocycles. The van der Waals surface area contributed by atoms with Gasteiger partial charge in [-0.2, -0.15) is 0 Å².